The van der Waals surface area contributed by atoms with Gasteiger partial charge in [0.15, 0.2) is 17.4 Å². The first-order valence-electron chi connectivity index (χ1n) is 7.04. The van der Waals surface area contributed by atoms with Crippen molar-refractivity contribution >= 4 is 11.7 Å². The van der Waals surface area contributed by atoms with Crippen molar-refractivity contribution < 1.29 is 18.4 Å². The largest absolute Gasteiger partial charge is 0.350 e. The molecule has 1 amide bonds. The molecule has 1 N–H and O–H groups in total. The lowest BCUT2D eigenvalue weighted by Gasteiger charge is -2.21. The molecule has 1 aliphatic rings. The zero-order valence-corrected chi connectivity index (χ0v) is 11.6. The summed E-state index contributed by atoms with van der Waals surface area (Å²) in [4.78, 5) is 23.4. The Morgan fingerprint density at radius 2 is 1.76 bits per heavy atom. The maximum atomic E-state index is 13.0. The summed E-state index contributed by atoms with van der Waals surface area (Å²) in [6.45, 7) is 0. The quantitative estimate of drug-likeness (QED) is 0.684. The molecule has 0 radical (unpaired) electrons. The summed E-state index contributed by atoms with van der Waals surface area (Å²) >= 11 is 0. The molecule has 0 unspecified atom stereocenters. The molecule has 3 nitrogen and oxygen atoms in total. The van der Waals surface area contributed by atoms with Gasteiger partial charge in [-0.2, -0.15) is 0 Å². The van der Waals surface area contributed by atoms with Crippen LogP contribution >= 0.6 is 0 Å². The van der Waals surface area contributed by atoms with Crippen molar-refractivity contribution in [2.75, 3.05) is 0 Å². The SMILES string of the molecule is O=C(/C=C/C(=O)c1ccc(F)c(F)c1)NC1CCCCC1. The zero-order valence-electron chi connectivity index (χ0n) is 11.6. The second-order valence-corrected chi connectivity index (χ2v) is 5.17. The molecule has 1 aromatic rings. The van der Waals surface area contributed by atoms with E-state index in [9.17, 15) is 18.4 Å². The van der Waals surface area contributed by atoms with E-state index in [-0.39, 0.29) is 17.5 Å². The van der Waals surface area contributed by atoms with Crippen molar-refractivity contribution in [2.24, 2.45) is 0 Å². The zero-order chi connectivity index (χ0) is 15.2. The van der Waals surface area contributed by atoms with Crippen LogP contribution in [0, 0.1) is 11.6 Å². The number of hydrogen-bond donors (Lipinski definition) is 1. The van der Waals surface area contributed by atoms with Gasteiger partial charge in [0.1, 0.15) is 0 Å². The van der Waals surface area contributed by atoms with E-state index in [1.807, 2.05) is 0 Å². The Morgan fingerprint density at radius 1 is 1.05 bits per heavy atom. The number of benzene rings is 1. The van der Waals surface area contributed by atoms with Gasteiger partial charge in [0.2, 0.25) is 5.91 Å². The number of hydrogen-bond acceptors (Lipinski definition) is 2. The van der Waals surface area contributed by atoms with E-state index >= 15 is 0 Å². The maximum Gasteiger partial charge on any atom is 0.244 e. The lowest BCUT2D eigenvalue weighted by atomic mass is 9.95. The van der Waals surface area contributed by atoms with Crippen LogP contribution in [0.2, 0.25) is 0 Å². The summed E-state index contributed by atoms with van der Waals surface area (Å²) in [6, 6.07) is 3.05. The molecular weight excluding hydrogens is 276 g/mol. The van der Waals surface area contributed by atoms with Gasteiger partial charge < -0.3 is 5.32 Å². The minimum absolute atomic E-state index is 0.00983. The van der Waals surface area contributed by atoms with Crippen molar-refractivity contribution in [3.05, 3.63) is 47.5 Å². The number of halogens is 2. The molecule has 21 heavy (non-hydrogen) atoms. The third-order valence-electron chi connectivity index (χ3n) is 3.54. The fourth-order valence-corrected chi connectivity index (χ4v) is 2.39. The van der Waals surface area contributed by atoms with Crippen LogP contribution in [0.1, 0.15) is 42.5 Å². The molecule has 1 aliphatic carbocycles. The highest BCUT2D eigenvalue weighted by Crippen LogP contribution is 2.17. The molecule has 0 atom stereocenters. The molecule has 0 bridgehead atoms. The Morgan fingerprint density at radius 3 is 2.43 bits per heavy atom. The topological polar surface area (TPSA) is 46.2 Å². The smallest absolute Gasteiger partial charge is 0.244 e. The van der Waals surface area contributed by atoms with Gasteiger partial charge in [-0.3, -0.25) is 9.59 Å². The molecule has 0 spiro atoms. The summed E-state index contributed by atoms with van der Waals surface area (Å²) in [5, 5.41) is 2.83. The summed E-state index contributed by atoms with van der Waals surface area (Å²) in [5.41, 5.74) is 0.00983. The number of ketones is 1. The second kappa shape index (κ2) is 7.11. The summed E-state index contributed by atoms with van der Waals surface area (Å²) < 4.78 is 25.8. The Kier molecular flexibility index (Phi) is 5.20. The van der Waals surface area contributed by atoms with E-state index < -0.39 is 17.4 Å². The first-order valence-corrected chi connectivity index (χ1v) is 7.04. The van der Waals surface area contributed by atoms with Crippen molar-refractivity contribution in [1.82, 2.24) is 5.32 Å². The first kappa shape index (κ1) is 15.4. The predicted molar refractivity (Wildman–Crippen MR) is 74.8 cm³/mol. The second-order valence-electron chi connectivity index (χ2n) is 5.17. The van der Waals surface area contributed by atoms with E-state index in [0.717, 1.165) is 50.0 Å². The lowest BCUT2D eigenvalue weighted by molar-refractivity contribution is -0.117. The maximum absolute atomic E-state index is 13.0. The van der Waals surface area contributed by atoms with Crippen molar-refractivity contribution in [3.63, 3.8) is 0 Å². The minimum atomic E-state index is -1.08. The standard InChI is InChI=1S/C16H17F2NO2/c17-13-7-6-11(10-14(13)18)15(20)8-9-16(21)19-12-4-2-1-3-5-12/h6-10,12H,1-5H2,(H,19,21)/b9-8+. The van der Waals surface area contributed by atoms with Crippen LogP contribution in [0.4, 0.5) is 8.78 Å². The molecule has 0 aliphatic heterocycles. The fraction of sp³-hybridized carbons (Fsp3) is 0.375. The molecule has 0 heterocycles. The Hall–Kier alpha value is -2.04. The van der Waals surface area contributed by atoms with Crippen LogP contribution in [-0.4, -0.2) is 17.7 Å². The fourth-order valence-electron chi connectivity index (χ4n) is 2.39. The minimum Gasteiger partial charge on any atom is -0.350 e. The van der Waals surface area contributed by atoms with Gasteiger partial charge in [0, 0.05) is 17.7 Å². The van der Waals surface area contributed by atoms with E-state index in [1.54, 1.807) is 0 Å². The Labute approximate surface area is 122 Å². The first-order chi connectivity index (χ1) is 10.1. The summed E-state index contributed by atoms with van der Waals surface area (Å²) in [7, 11) is 0. The predicted octanol–water partition coefficient (Wildman–Crippen LogP) is 3.15. The number of amides is 1. The number of rotatable bonds is 4. The molecule has 0 aromatic heterocycles. The molecule has 5 heteroatoms. The molecule has 1 saturated carbocycles. The van der Waals surface area contributed by atoms with Crippen molar-refractivity contribution in [1.29, 1.82) is 0 Å². The molecule has 1 aromatic carbocycles. The van der Waals surface area contributed by atoms with E-state index in [0.29, 0.717) is 0 Å². The van der Waals surface area contributed by atoms with E-state index in [1.165, 1.54) is 12.5 Å². The van der Waals surface area contributed by atoms with Gasteiger partial charge in [-0.1, -0.05) is 19.3 Å². The molecule has 0 saturated heterocycles. The number of nitrogens with one attached hydrogen (secondary N) is 1. The van der Waals surface area contributed by atoms with Gasteiger partial charge in [0.25, 0.3) is 0 Å². The lowest BCUT2D eigenvalue weighted by Crippen LogP contribution is -2.35. The Bertz CT molecular complexity index is 563. The third-order valence-corrected chi connectivity index (χ3v) is 3.54. The van der Waals surface area contributed by atoms with Gasteiger partial charge in [-0.05, 0) is 37.1 Å². The highest BCUT2D eigenvalue weighted by Gasteiger charge is 2.14. The van der Waals surface area contributed by atoms with Gasteiger partial charge >= 0.3 is 0 Å². The van der Waals surface area contributed by atoms with Gasteiger partial charge in [0.05, 0.1) is 0 Å². The molecule has 2 rings (SSSR count). The van der Waals surface area contributed by atoms with E-state index in [4.69, 9.17) is 0 Å². The highest BCUT2D eigenvalue weighted by molar-refractivity contribution is 6.07. The normalized spacial score (nSPS) is 16.1. The molecule has 112 valence electrons. The van der Waals surface area contributed by atoms with Gasteiger partial charge in [-0.15, -0.1) is 0 Å². The summed E-state index contributed by atoms with van der Waals surface area (Å²) in [6.07, 6.45) is 7.51. The van der Waals surface area contributed by atoms with Crippen molar-refractivity contribution in [2.45, 2.75) is 38.1 Å². The van der Waals surface area contributed by atoms with Crippen LogP contribution in [0.3, 0.4) is 0 Å². The highest BCUT2D eigenvalue weighted by atomic mass is 19.2. The van der Waals surface area contributed by atoms with E-state index in [2.05, 4.69) is 5.32 Å². The molecular formula is C16H17F2NO2. The average Bonchev–Trinajstić information content (AvgIpc) is 2.48. The van der Waals surface area contributed by atoms with Crippen molar-refractivity contribution in [3.8, 4) is 0 Å². The number of carbonyl (C=O) groups is 2. The summed E-state index contributed by atoms with van der Waals surface area (Å²) in [5.74, 6) is -2.96. The monoisotopic (exact) mass is 293 g/mol. The number of allylic oxidation sites excluding steroid dienone is 1. The van der Waals surface area contributed by atoms with Crippen LogP contribution in [0.25, 0.3) is 0 Å². The van der Waals surface area contributed by atoms with Crippen LogP contribution in [0.15, 0.2) is 30.4 Å². The average molecular weight is 293 g/mol. The Balaban J connectivity index is 1.91. The van der Waals surface area contributed by atoms with Crippen LogP contribution < -0.4 is 5.32 Å². The molecule has 1 fully saturated rings. The number of carbonyl (C=O) groups excluding carboxylic acids is 2. The van der Waals surface area contributed by atoms with Gasteiger partial charge in [-0.25, -0.2) is 8.78 Å². The third kappa shape index (κ3) is 4.48. The van der Waals surface area contributed by atoms with Crippen LogP contribution in [0.5, 0.6) is 0 Å². The van der Waals surface area contributed by atoms with Crippen LogP contribution in [-0.2, 0) is 4.79 Å².